The van der Waals surface area contributed by atoms with E-state index in [2.05, 4.69) is 40.0 Å². The molecule has 96 valence electrons. The summed E-state index contributed by atoms with van der Waals surface area (Å²) in [5, 5.41) is 14.9. The number of aryl methyl sites for hydroxylation is 1. The number of hydrogen-bond acceptors (Lipinski definition) is 4. The van der Waals surface area contributed by atoms with E-state index in [-0.39, 0.29) is 0 Å². The summed E-state index contributed by atoms with van der Waals surface area (Å²) in [6.07, 6.45) is 2.87. The fraction of sp³-hybridized carbons (Fsp3) is 0.200. The molecule has 0 saturated carbocycles. The van der Waals surface area contributed by atoms with E-state index in [0.717, 1.165) is 29.6 Å². The van der Waals surface area contributed by atoms with E-state index in [1.54, 1.807) is 17.5 Å². The highest BCUT2D eigenvalue weighted by Gasteiger charge is 2.05. The molecule has 19 heavy (non-hydrogen) atoms. The molecule has 0 fully saturated rings. The van der Waals surface area contributed by atoms with Gasteiger partial charge in [-0.05, 0) is 29.5 Å². The van der Waals surface area contributed by atoms with Crippen LogP contribution in [-0.4, -0.2) is 10.2 Å². The van der Waals surface area contributed by atoms with Gasteiger partial charge in [0.1, 0.15) is 0 Å². The molecule has 2 aromatic heterocycles. The number of anilines is 1. The maximum absolute atomic E-state index is 4.13. The molecular formula is C15H15N3S. The zero-order chi connectivity index (χ0) is 13.1. The van der Waals surface area contributed by atoms with E-state index in [9.17, 15) is 0 Å². The van der Waals surface area contributed by atoms with Gasteiger partial charge < -0.3 is 5.32 Å². The van der Waals surface area contributed by atoms with Crippen LogP contribution < -0.4 is 5.32 Å². The summed E-state index contributed by atoms with van der Waals surface area (Å²) in [7, 11) is 0. The summed E-state index contributed by atoms with van der Waals surface area (Å²) in [4.78, 5) is 1.39. The van der Waals surface area contributed by atoms with Crippen molar-refractivity contribution in [1.82, 2.24) is 10.2 Å². The fourth-order valence-electron chi connectivity index (χ4n) is 2.16. The minimum atomic E-state index is 0.844. The highest BCUT2D eigenvalue weighted by atomic mass is 32.1. The van der Waals surface area contributed by atoms with Crippen molar-refractivity contribution in [1.29, 1.82) is 0 Å². The number of rotatable bonds is 4. The van der Waals surface area contributed by atoms with Crippen LogP contribution in [-0.2, 0) is 13.0 Å². The average molecular weight is 269 g/mol. The monoisotopic (exact) mass is 269 g/mol. The number of aromatic nitrogens is 2. The van der Waals surface area contributed by atoms with Crippen LogP contribution in [0.2, 0.25) is 0 Å². The normalized spacial score (nSPS) is 10.8. The van der Waals surface area contributed by atoms with Crippen LogP contribution >= 0.6 is 11.3 Å². The third-order valence-corrected chi connectivity index (χ3v) is 4.17. The van der Waals surface area contributed by atoms with Crippen molar-refractivity contribution in [2.45, 2.75) is 19.9 Å². The van der Waals surface area contributed by atoms with Gasteiger partial charge in [0.2, 0.25) is 0 Å². The Hall–Kier alpha value is -1.94. The van der Waals surface area contributed by atoms with E-state index in [4.69, 9.17) is 0 Å². The van der Waals surface area contributed by atoms with Gasteiger partial charge in [0.05, 0.1) is 17.4 Å². The second-order valence-electron chi connectivity index (χ2n) is 4.35. The first kappa shape index (κ1) is 12.1. The minimum absolute atomic E-state index is 0.844. The first-order valence-electron chi connectivity index (χ1n) is 6.38. The molecule has 0 saturated heterocycles. The summed E-state index contributed by atoms with van der Waals surface area (Å²) in [5.74, 6) is 0. The molecule has 0 atom stereocenters. The second-order valence-corrected chi connectivity index (χ2v) is 5.35. The molecule has 4 heteroatoms. The van der Waals surface area contributed by atoms with Gasteiger partial charge >= 0.3 is 0 Å². The molecule has 2 heterocycles. The molecule has 3 aromatic rings. The van der Waals surface area contributed by atoms with Crippen LogP contribution in [0.4, 0.5) is 5.69 Å². The van der Waals surface area contributed by atoms with Crippen LogP contribution in [0.3, 0.4) is 0 Å². The van der Waals surface area contributed by atoms with Crippen molar-refractivity contribution in [3.63, 3.8) is 0 Å². The Morgan fingerprint density at radius 1 is 1.21 bits per heavy atom. The molecule has 0 unspecified atom stereocenters. The Morgan fingerprint density at radius 2 is 2.11 bits per heavy atom. The molecule has 0 spiro atoms. The number of fused-ring (bicyclic) bond motifs is 1. The molecule has 0 radical (unpaired) electrons. The van der Waals surface area contributed by atoms with E-state index in [1.807, 2.05) is 18.2 Å². The van der Waals surface area contributed by atoms with E-state index >= 15 is 0 Å². The predicted octanol–water partition coefficient (Wildman–Crippen LogP) is 3.87. The largest absolute Gasteiger partial charge is 0.378 e. The first-order chi connectivity index (χ1) is 9.38. The van der Waals surface area contributed by atoms with Crippen molar-refractivity contribution >= 4 is 27.9 Å². The fourth-order valence-corrected chi connectivity index (χ4v) is 3.08. The molecule has 0 aliphatic carbocycles. The van der Waals surface area contributed by atoms with Gasteiger partial charge in [0, 0.05) is 16.8 Å². The number of thiophene rings is 1. The van der Waals surface area contributed by atoms with E-state index in [1.165, 1.54) is 10.4 Å². The maximum atomic E-state index is 4.13. The van der Waals surface area contributed by atoms with Gasteiger partial charge in [-0.3, -0.25) is 0 Å². The smallest absolute Gasteiger partial charge is 0.0950 e. The van der Waals surface area contributed by atoms with Crippen LogP contribution in [0.15, 0.2) is 41.9 Å². The number of benzene rings is 1. The molecule has 0 bridgehead atoms. The van der Waals surface area contributed by atoms with Gasteiger partial charge in [0.15, 0.2) is 0 Å². The zero-order valence-corrected chi connectivity index (χ0v) is 11.6. The molecule has 1 aromatic carbocycles. The molecular weight excluding hydrogens is 254 g/mol. The highest BCUT2D eigenvalue weighted by Crippen LogP contribution is 2.23. The Morgan fingerprint density at radius 3 is 3.00 bits per heavy atom. The van der Waals surface area contributed by atoms with Crippen molar-refractivity contribution in [2.24, 2.45) is 0 Å². The highest BCUT2D eigenvalue weighted by molar-refractivity contribution is 7.10. The maximum Gasteiger partial charge on any atom is 0.0950 e. The van der Waals surface area contributed by atoms with Gasteiger partial charge in [-0.1, -0.05) is 25.1 Å². The van der Waals surface area contributed by atoms with Gasteiger partial charge in [0.25, 0.3) is 0 Å². The number of nitrogens with one attached hydrogen (secondary N) is 1. The standard InChI is InChI=1S/C15H15N3S/c1-2-11-7-8-19-15(11)10-16-14-9-17-18-13-6-4-3-5-12(13)14/h3-9H,2,10H2,1H3,(H,16,18). The first-order valence-corrected chi connectivity index (χ1v) is 7.26. The number of hydrogen-bond donors (Lipinski definition) is 1. The Balaban J connectivity index is 1.86. The lowest BCUT2D eigenvalue weighted by Gasteiger charge is -2.08. The SMILES string of the molecule is CCc1ccsc1CNc1cnnc2ccccc12. The van der Waals surface area contributed by atoms with Crippen molar-refractivity contribution in [2.75, 3.05) is 5.32 Å². The molecule has 3 rings (SSSR count). The summed E-state index contributed by atoms with van der Waals surface area (Å²) in [6, 6.07) is 10.3. The molecule has 3 nitrogen and oxygen atoms in total. The van der Waals surface area contributed by atoms with Gasteiger partial charge in [-0.15, -0.1) is 11.3 Å². The van der Waals surface area contributed by atoms with Crippen LogP contribution in [0.1, 0.15) is 17.4 Å². The third kappa shape index (κ3) is 2.44. The quantitative estimate of drug-likeness (QED) is 0.781. The van der Waals surface area contributed by atoms with Crippen molar-refractivity contribution in [3.8, 4) is 0 Å². The second kappa shape index (κ2) is 5.36. The lowest BCUT2D eigenvalue weighted by molar-refractivity contribution is 1.05. The lowest BCUT2D eigenvalue weighted by Crippen LogP contribution is -2.01. The van der Waals surface area contributed by atoms with Crippen molar-refractivity contribution in [3.05, 3.63) is 52.3 Å². The van der Waals surface area contributed by atoms with Crippen molar-refractivity contribution < 1.29 is 0 Å². The molecule has 1 N–H and O–H groups in total. The van der Waals surface area contributed by atoms with Gasteiger partial charge in [-0.2, -0.15) is 10.2 Å². The van der Waals surface area contributed by atoms with E-state index < -0.39 is 0 Å². The minimum Gasteiger partial charge on any atom is -0.378 e. The molecule has 0 aliphatic heterocycles. The lowest BCUT2D eigenvalue weighted by atomic mass is 10.2. The summed E-state index contributed by atoms with van der Waals surface area (Å²) < 4.78 is 0. The summed E-state index contributed by atoms with van der Waals surface area (Å²) >= 11 is 1.80. The Bertz CT molecular complexity index is 685. The molecule has 0 amide bonds. The van der Waals surface area contributed by atoms with Crippen LogP contribution in [0.5, 0.6) is 0 Å². The Labute approximate surface area is 116 Å². The summed E-state index contributed by atoms with van der Waals surface area (Å²) in [6.45, 7) is 3.03. The van der Waals surface area contributed by atoms with E-state index in [0.29, 0.717) is 0 Å². The number of nitrogens with zero attached hydrogens (tertiary/aromatic N) is 2. The summed E-state index contributed by atoms with van der Waals surface area (Å²) in [5.41, 5.74) is 3.39. The van der Waals surface area contributed by atoms with Crippen LogP contribution in [0, 0.1) is 0 Å². The average Bonchev–Trinajstić information content (AvgIpc) is 2.92. The topological polar surface area (TPSA) is 37.8 Å². The Kier molecular flexibility index (Phi) is 3.42. The predicted molar refractivity (Wildman–Crippen MR) is 80.6 cm³/mol. The molecule has 0 aliphatic rings. The van der Waals surface area contributed by atoms with Gasteiger partial charge in [-0.25, -0.2) is 0 Å². The zero-order valence-electron chi connectivity index (χ0n) is 10.8. The third-order valence-electron chi connectivity index (χ3n) is 3.20. The van der Waals surface area contributed by atoms with Crippen LogP contribution in [0.25, 0.3) is 10.9 Å².